The second-order valence-electron chi connectivity index (χ2n) is 10.2. The zero-order chi connectivity index (χ0) is 30.5. The molecule has 0 amide bonds. The Bertz CT molecular complexity index is 1580. The van der Waals surface area contributed by atoms with Gasteiger partial charge in [0.2, 0.25) is 5.60 Å². The van der Waals surface area contributed by atoms with Crippen molar-refractivity contribution in [3.05, 3.63) is 162 Å². The Morgan fingerprint density at radius 2 is 0.907 bits per heavy atom. The van der Waals surface area contributed by atoms with Crippen LogP contribution in [0.25, 0.3) is 6.08 Å². The van der Waals surface area contributed by atoms with E-state index < -0.39 is 36.5 Å². The van der Waals surface area contributed by atoms with Crippen LogP contribution in [0, 0.1) is 0 Å². The zero-order valence-corrected chi connectivity index (χ0v) is 24.1. The van der Waals surface area contributed by atoms with Gasteiger partial charge in [-0.2, -0.15) is 0 Å². The minimum absolute atomic E-state index is 0.146. The summed E-state index contributed by atoms with van der Waals surface area (Å²) in [5, 5.41) is 43.4. The van der Waals surface area contributed by atoms with E-state index in [2.05, 4.69) is 121 Å². The maximum atomic E-state index is 11.2. The molecule has 216 valence electrons. The van der Waals surface area contributed by atoms with Gasteiger partial charge in [0.25, 0.3) is 0 Å². The quantitative estimate of drug-likeness (QED) is 0.215. The predicted molar refractivity (Wildman–Crippen MR) is 173 cm³/mol. The first-order chi connectivity index (χ1) is 20.8. The van der Waals surface area contributed by atoms with E-state index in [4.69, 9.17) is 10.2 Å². The summed E-state index contributed by atoms with van der Waals surface area (Å²) in [7, 11) is -2.30. The van der Waals surface area contributed by atoms with Crippen LogP contribution >= 0.6 is 7.26 Å². The van der Waals surface area contributed by atoms with Crippen LogP contribution < -0.4 is 21.2 Å². The SMILES string of the molecule is O=C(O)C1c2ccccc2C=C(O)C1(O)C(=O)O.c1ccc([PH](c2ccccc2)(c2ccccc2)c2ccccc2)cc1. The summed E-state index contributed by atoms with van der Waals surface area (Å²) in [5.74, 6) is -5.97. The number of aliphatic hydroxyl groups excluding tert-OH is 1. The topological polar surface area (TPSA) is 115 Å². The first kappa shape index (κ1) is 29.5. The monoisotopic (exact) mass is 590 g/mol. The van der Waals surface area contributed by atoms with E-state index in [0.29, 0.717) is 5.56 Å². The molecule has 43 heavy (non-hydrogen) atoms. The number of carbonyl (C=O) groups is 2. The summed E-state index contributed by atoms with van der Waals surface area (Å²) < 4.78 is 0. The van der Waals surface area contributed by atoms with E-state index in [1.54, 1.807) is 6.07 Å². The molecule has 0 heterocycles. The Kier molecular flexibility index (Phi) is 8.53. The van der Waals surface area contributed by atoms with Gasteiger partial charge in [0, 0.05) is 0 Å². The van der Waals surface area contributed by atoms with Gasteiger partial charge >= 0.3 is 162 Å². The van der Waals surface area contributed by atoms with E-state index in [9.17, 15) is 19.8 Å². The van der Waals surface area contributed by atoms with Gasteiger partial charge in [0.15, 0.2) is 0 Å². The van der Waals surface area contributed by atoms with Crippen molar-refractivity contribution in [1.82, 2.24) is 0 Å². The van der Waals surface area contributed by atoms with Gasteiger partial charge < -0.3 is 20.4 Å². The van der Waals surface area contributed by atoms with Crippen LogP contribution in [0.4, 0.5) is 0 Å². The fourth-order valence-corrected chi connectivity index (χ4v) is 10.6. The van der Waals surface area contributed by atoms with Crippen molar-refractivity contribution in [3.63, 3.8) is 0 Å². The van der Waals surface area contributed by atoms with E-state index in [1.165, 1.54) is 39.4 Å². The molecule has 0 aromatic heterocycles. The molecular weight excluding hydrogens is 559 g/mol. The molecule has 2 atom stereocenters. The molecule has 0 aliphatic heterocycles. The maximum absolute atomic E-state index is 11.2. The molecule has 0 fully saturated rings. The summed E-state index contributed by atoms with van der Waals surface area (Å²) in [6.45, 7) is 0. The van der Waals surface area contributed by atoms with Crippen molar-refractivity contribution in [2.45, 2.75) is 11.5 Å². The summed E-state index contributed by atoms with van der Waals surface area (Å²) in [4.78, 5) is 22.3. The zero-order valence-electron chi connectivity index (χ0n) is 23.1. The molecule has 1 aliphatic carbocycles. The standard InChI is InChI=1S/C24H21P.C12H10O6/c1-5-13-21(14-6-1)25(22-15-7-2-8-16-22,23-17-9-3-10-18-23)24-19-11-4-12-20-24;13-8-5-6-3-1-2-4-7(6)9(10(14)15)12(8,18)11(16)17/h1-20,25H;1-5,9,13,18H,(H,14,15)(H,16,17). The molecule has 0 spiro atoms. The fraction of sp³-hybridized carbons (Fsp3) is 0.0556. The second kappa shape index (κ2) is 12.5. The number of fused-ring (bicyclic) bond motifs is 1. The number of rotatable bonds is 6. The Balaban J connectivity index is 0.000000181. The van der Waals surface area contributed by atoms with E-state index in [-0.39, 0.29) is 5.56 Å². The summed E-state index contributed by atoms with van der Waals surface area (Å²) in [6, 6.07) is 50.1. The molecule has 6 rings (SSSR count). The van der Waals surface area contributed by atoms with Gasteiger partial charge in [0.1, 0.15) is 11.7 Å². The Labute approximate surface area is 250 Å². The van der Waals surface area contributed by atoms with E-state index in [0.717, 1.165) is 6.08 Å². The van der Waals surface area contributed by atoms with Crippen LogP contribution in [0.5, 0.6) is 0 Å². The van der Waals surface area contributed by atoms with Crippen molar-refractivity contribution in [3.8, 4) is 0 Å². The fourth-order valence-electron chi connectivity index (χ4n) is 5.83. The molecule has 6 nitrogen and oxygen atoms in total. The third-order valence-electron chi connectivity index (χ3n) is 7.81. The number of carboxylic acid groups (broad SMARTS) is 2. The van der Waals surface area contributed by atoms with Gasteiger partial charge in [-0.15, -0.1) is 0 Å². The molecule has 5 aromatic carbocycles. The van der Waals surface area contributed by atoms with Crippen LogP contribution in [0.2, 0.25) is 0 Å². The molecule has 0 saturated carbocycles. The normalized spacial score (nSPS) is 17.8. The van der Waals surface area contributed by atoms with Gasteiger partial charge in [-0.3, -0.25) is 4.79 Å². The first-order valence-electron chi connectivity index (χ1n) is 13.7. The third-order valence-corrected chi connectivity index (χ3v) is 12.6. The van der Waals surface area contributed by atoms with Crippen molar-refractivity contribution in [1.29, 1.82) is 0 Å². The predicted octanol–water partition coefficient (Wildman–Crippen LogP) is 4.62. The minimum atomic E-state index is -2.85. The molecule has 0 bridgehead atoms. The number of carboxylic acids is 2. The molecule has 2 unspecified atom stereocenters. The molecule has 5 aromatic rings. The number of aliphatic hydroxyl groups is 2. The Morgan fingerprint density at radius 3 is 1.26 bits per heavy atom. The van der Waals surface area contributed by atoms with Crippen molar-refractivity contribution < 1.29 is 30.0 Å². The molecular formula is C36H31O6P. The number of benzene rings is 5. The summed E-state index contributed by atoms with van der Waals surface area (Å²) in [5.41, 5.74) is -2.33. The first-order valence-corrected chi connectivity index (χ1v) is 15.7. The van der Waals surface area contributed by atoms with E-state index >= 15 is 0 Å². The molecule has 1 aliphatic rings. The number of hydrogen-bond donors (Lipinski definition) is 4. The van der Waals surface area contributed by atoms with Gasteiger partial charge in [-0.25, -0.2) is 4.79 Å². The van der Waals surface area contributed by atoms with E-state index in [1.807, 2.05) is 0 Å². The van der Waals surface area contributed by atoms with Crippen LogP contribution in [0.1, 0.15) is 17.0 Å². The third kappa shape index (κ3) is 5.35. The average molecular weight is 591 g/mol. The molecule has 0 radical (unpaired) electrons. The second-order valence-corrected chi connectivity index (χ2v) is 14.0. The van der Waals surface area contributed by atoms with Crippen LogP contribution in [0.15, 0.2) is 151 Å². The molecule has 4 N–H and O–H groups in total. The van der Waals surface area contributed by atoms with Gasteiger partial charge in [-0.05, 0) is 17.2 Å². The molecule has 0 saturated heterocycles. The molecule has 7 heteroatoms. The van der Waals surface area contributed by atoms with Crippen LogP contribution in [0.3, 0.4) is 0 Å². The van der Waals surface area contributed by atoms with Crippen LogP contribution in [-0.4, -0.2) is 38.0 Å². The average Bonchev–Trinajstić information content (AvgIpc) is 3.04. The Morgan fingerprint density at radius 1 is 0.558 bits per heavy atom. The van der Waals surface area contributed by atoms with Crippen LogP contribution in [-0.2, 0) is 9.59 Å². The van der Waals surface area contributed by atoms with Crippen molar-refractivity contribution >= 4 is 46.5 Å². The number of aliphatic carboxylic acids is 2. The summed E-state index contributed by atoms with van der Waals surface area (Å²) >= 11 is 0. The number of hydrogen-bond acceptors (Lipinski definition) is 4. The summed E-state index contributed by atoms with van der Waals surface area (Å²) in [6.07, 6.45) is 1.06. The van der Waals surface area contributed by atoms with Gasteiger partial charge in [0.05, 0.1) is 0 Å². The van der Waals surface area contributed by atoms with Gasteiger partial charge in [-0.1, -0.05) is 24.3 Å². The van der Waals surface area contributed by atoms with Crippen molar-refractivity contribution in [2.24, 2.45) is 0 Å². The van der Waals surface area contributed by atoms with Crippen molar-refractivity contribution in [2.75, 3.05) is 0 Å². The Hall–Kier alpha value is -5.03.